The molecule has 0 bridgehead atoms. The molecule has 0 heterocycles. The van der Waals surface area contributed by atoms with Gasteiger partial charge in [0.05, 0.1) is 0 Å². The summed E-state index contributed by atoms with van der Waals surface area (Å²) < 4.78 is 0. The molecule has 0 aliphatic rings. The fraction of sp³-hybridized carbons (Fsp3) is 0.667. The van der Waals surface area contributed by atoms with Gasteiger partial charge in [-0.1, -0.05) is 27.0 Å². The Labute approximate surface area is 82.9 Å². The van der Waals surface area contributed by atoms with Crippen molar-refractivity contribution in [3.63, 3.8) is 0 Å². The zero-order chi connectivity index (χ0) is 10.5. The van der Waals surface area contributed by atoms with Crippen LogP contribution in [0.4, 0.5) is 0 Å². The summed E-state index contributed by atoms with van der Waals surface area (Å²) in [6.07, 6.45) is 4.17. The van der Waals surface area contributed by atoms with E-state index in [2.05, 4.69) is 46.2 Å². The molecule has 0 saturated heterocycles. The third kappa shape index (κ3) is 6.44. The summed E-state index contributed by atoms with van der Waals surface area (Å²) in [4.78, 5) is 0. The summed E-state index contributed by atoms with van der Waals surface area (Å²) >= 11 is 0. The maximum absolute atomic E-state index is 3.86. The van der Waals surface area contributed by atoms with Gasteiger partial charge in [-0.05, 0) is 38.7 Å². The molecule has 0 atom stereocenters. The highest BCUT2D eigenvalue weighted by atomic mass is 15.0. The third-order valence-corrected chi connectivity index (χ3v) is 2.09. The predicted molar refractivity (Wildman–Crippen MR) is 60.6 cm³/mol. The van der Waals surface area contributed by atoms with E-state index < -0.39 is 0 Å². The molecule has 0 spiro atoms. The summed E-state index contributed by atoms with van der Waals surface area (Å²) in [5.41, 5.74) is 1.05. The number of allylic oxidation sites excluding steroid dienone is 1. The van der Waals surface area contributed by atoms with E-state index in [0.29, 0.717) is 0 Å². The second kappa shape index (κ2) is 5.11. The predicted octanol–water partition coefficient (Wildman–Crippen LogP) is 3.49. The van der Waals surface area contributed by atoms with Crippen molar-refractivity contribution in [3.8, 4) is 0 Å². The zero-order valence-electron chi connectivity index (χ0n) is 9.48. The van der Waals surface area contributed by atoms with E-state index in [9.17, 15) is 0 Å². The van der Waals surface area contributed by atoms with E-state index in [1.807, 2.05) is 0 Å². The van der Waals surface area contributed by atoms with E-state index in [1.165, 1.54) is 6.42 Å². The fourth-order valence-corrected chi connectivity index (χ4v) is 1.20. The summed E-state index contributed by atoms with van der Waals surface area (Å²) in [5.74, 6) is 0.762. The molecular weight excluding hydrogens is 158 g/mol. The number of rotatable bonds is 6. The zero-order valence-corrected chi connectivity index (χ0v) is 9.48. The normalized spacial score (nSPS) is 11.5. The Morgan fingerprint density at radius 3 is 2.38 bits per heavy atom. The minimum Gasteiger partial charge on any atom is -0.381 e. The molecule has 0 rings (SSSR count). The van der Waals surface area contributed by atoms with Crippen LogP contribution in [0.1, 0.15) is 40.5 Å². The monoisotopic (exact) mass is 181 g/mol. The maximum Gasteiger partial charge on any atom is 0.0317 e. The van der Waals surface area contributed by atoms with Gasteiger partial charge in [-0.25, -0.2) is 0 Å². The Morgan fingerprint density at radius 1 is 1.46 bits per heavy atom. The fourth-order valence-electron chi connectivity index (χ4n) is 1.20. The van der Waals surface area contributed by atoms with Crippen LogP contribution in [0.3, 0.4) is 0 Å². The SMILES string of the molecule is C=CC(=C)NC(C)(C)CCC(C)C. The lowest BCUT2D eigenvalue weighted by Crippen LogP contribution is -2.38. The molecule has 0 fully saturated rings. The lowest BCUT2D eigenvalue weighted by molar-refractivity contribution is 0.362. The van der Waals surface area contributed by atoms with E-state index >= 15 is 0 Å². The minimum atomic E-state index is 0.134. The van der Waals surface area contributed by atoms with E-state index in [1.54, 1.807) is 6.08 Å². The van der Waals surface area contributed by atoms with Gasteiger partial charge in [0.25, 0.3) is 0 Å². The average molecular weight is 181 g/mol. The average Bonchev–Trinajstić information content (AvgIpc) is 2.00. The van der Waals surface area contributed by atoms with Gasteiger partial charge in [0.15, 0.2) is 0 Å². The van der Waals surface area contributed by atoms with Gasteiger partial charge in [0, 0.05) is 11.2 Å². The van der Waals surface area contributed by atoms with Gasteiger partial charge in [-0.15, -0.1) is 0 Å². The number of hydrogen-bond acceptors (Lipinski definition) is 1. The Bertz CT molecular complexity index is 178. The van der Waals surface area contributed by atoms with Gasteiger partial charge in [-0.2, -0.15) is 0 Å². The molecule has 0 aromatic carbocycles. The van der Waals surface area contributed by atoms with E-state index in [-0.39, 0.29) is 5.54 Å². The maximum atomic E-state index is 3.86. The van der Waals surface area contributed by atoms with Gasteiger partial charge >= 0.3 is 0 Å². The molecule has 0 saturated carbocycles. The largest absolute Gasteiger partial charge is 0.381 e. The molecule has 76 valence electrons. The topological polar surface area (TPSA) is 12.0 Å². The third-order valence-electron chi connectivity index (χ3n) is 2.09. The lowest BCUT2D eigenvalue weighted by Gasteiger charge is -2.28. The second-order valence-electron chi connectivity index (χ2n) is 4.67. The van der Waals surface area contributed by atoms with Crippen LogP contribution in [0.15, 0.2) is 24.9 Å². The molecule has 0 aliphatic carbocycles. The van der Waals surface area contributed by atoms with Crippen molar-refractivity contribution in [2.24, 2.45) is 5.92 Å². The standard InChI is InChI=1S/C12H23N/c1-7-11(4)13-12(5,6)9-8-10(2)3/h7,10,13H,1,4,8-9H2,2-3,5-6H3. The first-order chi connectivity index (χ1) is 5.87. The quantitative estimate of drug-likeness (QED) is 0.618. The second-order valence-corrected chi connectivity index (χ2v) is 4.67. The molecule has 1 heteroatoms. The van der Waals surface area contributed by atoms with Crippen LogP contribution >= 0.6 is 0 Å². The van der Waals surface area contributed by atoms with Gasteiger partial charge in [0.1, 0.15) is 0 Å². The highest BCUT2D eigenvalue weighted by Crippen LogP contribution is 2.16. The summed E-state index contributed by atoms with van der Waals surface area (Å²) in [7, 11) is 0. The molecule has 0 radical (unpaired) electrons. The molecule has 0 aliphatic heterocycles. The summed E-state index contributed by atoms with van der Waals surface area (Å²) in [6, 6.07) is 0. The van der Waals surface area contributed by atoms with Crippen LogP contribution in [-0.2, 0) is 0 Å². The molecule has 1 nitrogen and oxygen atoms in total. The van der Waals surface area contributed by atoms with Crippen LogP contribution < -0.4 is 5.32 Å². The van der Waals surface area contributed by atoms with E-state index in [0.717, 1.165) is 18.0 Å². The first kappa shape index (κ1) is 12.3. The molecule has 0 amide bonds. The smallest absolute Gasteiger partial charge is 0.0317 e. The van der Waals surface area contributed by atoms with Crippen LogP contribution in [0.5, 0.6) is 0 Å². The van der Waals surface area contributed by atoms with Crippen LogP contribution in [0, 0.1) is 5.92 Å². The minimum absolute atomic E-state index is 0.134. The van der Waals surface area contributed by atoms with Gasteiger partial charge < -0.3 is 5.32 Å². The summed E-state index contributed by atoms with van der Waals surface area (Å²) in [6.45, 7) is 16.4. The first-order valence-electron chi connectivity index (χ1n) is 4.97. The molecular formula is C12H23N. The van der Waals surface area contributed by atoms with Gasteiger partial charge in [-0.3, -0.25) is 0 Å². The number of nitrogens with one attached hydrogen (secondary N) is 1. The molecule has 13 heavy (non-hydrogen) atoms. The molecule has 0 aromatic rings. The van der Waals surface area contributed by atoms with Crippen molar-refractivity contribution >= 4 is 0 Å². The first-order valence-corrected chi connectivity index (χ1v) is 4.97. The lowest BCUT2D eigenvalue weighted by atomic mass is 9.93. The van der Waals surface area contributed by atoms with E-state index in [4.69, 9.17) is 0 Å². The Kier molecular flexibility index (Phi) is 4.82. The Balaban J connectivity index is 3.92. The van der Waals surface area contributed by atoms with Crippen molar-refractivity contribution in [3.05, 3.63) is 24.9 Å². The van der Waals surface area contributed by atoms with Crippen molar-refractivity contribution < 1.29 is 0 Å². The Morgan fingerprint density at radius 2 is 2.00 bits per heavy atom. The van der Waals surface area contributed by atoms with Crippen molar-refractivity contribution in [1.29, 1.82) is 0 Å². The van der Waals surface area contributed by atoms with Crippen LogP contribution in [0.2, 0.25) is 0 Å². The van der Waals surface area contributed by atoms with Crippen LogP contribution in [-0.4, -0.2) is 5.54 Å². The van der Waals surface area contributed by atoms with Gasteiger partial charge in [0.2, 0.25) is 0 Å². The molecule has 1 N–H and O–H groups in total. The Hall–Kier alpha value is -0.720. The van der Waals surface area contributed by atoms with Crippen molar-refractivity contribution in [2.75, 3.05) is 0 Å². The highest BCUT2D eigenvalue weighted by molar-refractivity contribution is 5.11. The number of hydrogen-bond donors (Lipinski definition) is 1. The molecule has 0 aromatic heterocycles. The summed E-state index contributed by atoms with van der Waals surface area (Å²) in [5, 5.41) is 3.35. The van der Waals surface area contributed by atoms with Crippen molar-refractivity contribution in [2.45, 2.75) is 46.1 Å². The van der Waals surface area contributed by atoms with Crippen molar-refractivity contribution in [1.82, 2.24) is 5.32 Å². The highest BCUT2D eigenvalue weighted by Gasteiger charge is 2.16. The van der Waals surface area contributed by atoms with Crippen LogP contribution in [0.25, 0.3) is 0 Å². The molecule has 0 unspecified atom stereocenters.